The minimum absolute atomic E-state index is 2.09. The first-order valence-corrected chi connectivity index (χ1v) is 3.35. The second-order valence-electron chi connectivity index (χ2n) is 2.51. The molecule has 1 N–H and O–H groups in total. The van der Waals surface area contributed by atoms with Crippen molar-refractivity contribution >= 4 is 0 Å². The lowest BCUT2D eigenvalue weighted by atomic mass is 10.3. The number of aliphatic hydroxyl groups is 1. The Balaban J connectivity index is 4.99. The van der Waals surface area contributed by atoms with Crippen molar-refractivity contribution < 1.29 is 45.0 Å². The van der Waals surface area contributed by atoms with Crippen molar-refractivity contribution in [2.24, 2.45) is 0 Å². The van der Waals surface area contributed by atoms with Crippen molar-refractivity contribution in [2.45, 2.75) is 24.5 Å². The Morgan fingerprint density at radius 3 is 1.75 bits per heavy atom. The Bertz CT molecular complexity index is 270. The van der Waals surface area contributed by atoms with Crippen LogP contribution in [0.25, 0.3) is 0 Å². The largest absolute Gasteiger partial charge is 0.431 e. The summed E-state index contributed by atoms with van der Waals surface area (Å²) in [6, 6.07) is 0. The maximum absolute atomic E-state index is 12.2. The Morgan fingerprint density at radius 2 is 1.50 bits per heavy atom. The lowest BCUT2D eigenvalue weighted by Gasteiger charge is -2.29. The monoisotopic (exact) mass is 260 g/mol. The molecule has 0 aromatic rings. The molecular weight excluding hydrogens is 256 g/mol. The summed E-state index contributed by atoms with van der Waals surface area (Å²) in [5.41, 5.74) is 0. The fraction of sp³-hybridized carbons (Fsp3) is 0.667. The predicted octanol–water partition coefficient (Wildman–Crippen LogP) is 2.60. The highest BCUT2D eigenvalue weighted by Gasteiger charge is 2.73. The van der Waals surface area contributed by atoms with Gasteiger partial charge in [0.25, 0.3) is 6.36 Å². The molecule has 96 valence electrons. The van der Waals surface area contributed by atoms with E-state index in [0.29, 0.717) is 0 Å². The lowest BCUT2D eigenvalue weighted by molar-refractivity contribution is -0.452. The van der Waals surface area contributed by atoms with E-state index in [2.05, 4.69) is 11.3 Å². The molecule has 0 aliphatic rings. The smallest absolute Gasteiger partial charge is 0.331 e. The van der Waals surface area contributed by atoms with Crippen LogP contribution in [-0.4, -0.2) is 29.6 Å². The van der Waals surface area contributed by atoms with Crippen LogP contribution in [0.15, 0.2) is 12.4 Å². The van der Waals surface area contributed by atoms with Gasteiger partial charge in [0, 0.05) is 0 Å². The molecule has 0 aromatic heterocycles. The normalized spacial score (nSPS) is 16.1. The van der Waals surface area contributed by atoms with E-state index in [9.17, 15) is 35.1 Å². The molecule has 0 heterocycles. The van der Waals surface area contributed by atoms with Gasteiger partial charge in [0.2, 0.25) is 0 Å². The van der Waals surface area contributed by atoms with Crippen LogP contribution in [0.3, 0.4) is 0 Å². The van der Waals surface area contributed by atoms with Gasteiger partial charge in [0.1, 0.15) is 0 Å². The lowest BCUT2D eigenvalue weighted by Crippen LogP contribution is -2.56. The van der Waals surface area contributed by atoms with Gasteiger partial charge in [-0.05, 0) is 0 Å². The predicted molar refractivity (Wildman–Crippen MR) is 33.3 cm³/mol. The van der Waals surface area contributed by atoms with E-state index in [4.69, 9.17) is 5.11 Å². The zero-order valence-corrected chi connectivity index (χ0v) is 7.16. The van der Waals surface area contributed by atoms with Crippen LogP contribution in [0.1, 0.15) is 0 Å². The summed E-state index contributed by atoms with van der Waals surface area (Å²) < 4.78 is 98.4. The number of alkyl halides is 7. The molecule has 0 spiro atoms. The summed E-state index contributed by atoms with van der Waals surface area (Å²) >= 11 is 0. The van der Waals surface area contributed by atoms with Gasteiger partial charge in [-0.2, -0.15) is 26.3 Å². The Labute approximate surface area is 83.1 Å². The maximum Gasteiger partial charge on any atom is 0.431 e. The van der Waals surface area contributed by atoms with E-state index in [1.807, 2.05) is 0 Å². The summed E-state index contributed by atoms with van der Waals surface area (Å²) in [6.07, 6.45) is -16.0. The molecule has 0 aliphatic heterocycles. The van der Waals surface area contributed by atoms with Crippen LogP contribution in [0.4, 0.5) is 35.1 Å². The van der Waals surface area contributed by atoms with Gasteiger partial charge in [-0.25, -0.2) is 8.78 Å². The van der Waals surface area contributed by atoms with Gasteiger partial charge in [-0.3, -0.25) is 4.74 Å². The van der Waals surface area contributed by atoms with Gasteiger partial charge in [-0.15, -0.1) is 0 Å². The van der Waals surface area contributed by atoms with Gasteiger partial charge in [0.15, 0.2) is 5.83 Å². The van der Waals surface area contributed by atoms with Crippen LogP contribution in [0, 0.1) is 0 Å². The molecule has 0 radical (unpaired) electrons. The molecule has 2 nitrogen and oxygen atoms in total. The highest BCUT2D eigenvalue weighted by atomic mass is 19.4. The van der Waals surface area contributed by atoms with E-state index >= 15 is 0 Å². The number of rotatable bonds is 5. The molecule has 16 heavy (non-hydrogen) atoms. The van der Waals surface area contributed by atoms with Crippen molar-refractivity contribution in [3.8, 4) is 0 Å². The summed E-state index contributed by atoms with van der Waals surface area (Å²) in [6.45, 7) is 2.09. The molecule has 0 rings (SSSR count). The van der Waals surface area contributed by atoms with Crippen molar-refractivity contribution in [3.05, 3.63) is 12.4 Å². The van der Waals surface area contributed by atoms with Gasteiger partial charge < -0.3 is 5.11 Å². The third-order valence-corrected chi connectivity index (χ3v) is 1.24. The van der Waals surface area contributed by atoms with Crippen LogP contribution in [-0.2, 0) is 4.74 Å². The third kappa shape index (κ3) is 2.82. The zero-order chi connectivity index (χ0) is 13.4. The van der Waals surface area contributed by atoms with E-state index in [1.165, 1.54) is 0 Å². The van der Waals surface area contributed by atoms with E-state index in [1.54, 1.807) is 0 Å². The summed E-state index contributed by atoms with van der Waals surface area (Å²) in [7, 11) is 0. The van der Waals surface area contributed by atoms with E-state index < -0.39 is 30.3 Å². The van der Waals surface area contributed by atoms with Crippen LogP contribution >= 0.6 is 0 Å². The molecule has 0 bridgehead atoms. The molecule has 0 saturated carbocycles. The van der Waals surface area contributed by atoms with Gasteiger partial charge in [0.05, 0.1) is 0 Å². The van der Waals surface area contributed by atoms with Crippen molar-refractivity contribution in [1.29, 1.82) is 0 Å². The third-order valence-electron chi connectivity index (χ3n) is 1.24. The first kappa shape index (κ1) is 15.1. The average Bonchev–Trinajstić information content (AvgIpc) is 2.00. The average molecular weight is 260 g/mol. The second kappa shape index (κ2) is 4.17. The highest BCUT2D eigenvalue weighted by molar-refractivity contribution is 4.89. The fourth-order valence-corrected chi connectivity index (χ4v) is 0.443. The highest BCUT2D eigenvalue weighted by Crippen LogP contribution is 2.45. The summed E-state index contributed by atoms with van der Waals surface area (Å²) in [5.74, 6) is -8.66. The molecule has 0 aliphatic carbocycles. The Morgan fingerprint density at radius 1 is 1.12 bits per heavy atom. The molecule has 1 unspecified atom stereocenters. The topological polar surface area (TPSA) is 29.5 Å². The number of halogens is 8. The molecule has 0 amide bonds. The van der Waals surface area contributed by atoms with E-state index in [-0.39, 0.29) is 0 Å². The molecule has 1 atom stereocenters. The first-order valence-electron chi connectivity index (χ1n) is 3.35. The quantitative estimate of drug-likeness (QED) is 0.770. The maximum atomic E-state index is 12.2. The zero-order valence-electron chi connectivity index (χ0n) is 7.16. The Hall–Kier alpha value is -0.900. The molecule has 10 heteroatoms. The number of ether oxygens (including phenoxy) is 1. The number of hydrogen-bond acceptors (Lipinski definition) is 2. The number of hydrogen-bond donors (Lipinski definition) is 1. The standard InChI is InChI=1S/C6H4F8O2/c1-2(7)3(8)16-6(13,14)4(9,10)5(11,12)15/h3,15H,1H2. The fourth-order valence-electron chi connectivity index (χ4n) is 0.443. The van der Waals surface area contributed by atoms with Gasteiger partial charge in [-0.1, -0.05) is 6.58 Å². The summed E-state index contributed by atoms with van der Waals surface area (Å²) in [4.78, 5) is 0. The minimum atomic E-state index is -6.43. The van der Waals surface area contributed by atoms with Crippen molar-refractivity contribution in [3.63, 3.8) is 0 Å². The van der Waals surface area contributed by atoms with Crippen molar-refractivity contribution in [2.75, 3.05) is 0 Å². The molecule has 0 fully saturated rings. The molecular formula is C6H4F8O2. The molecule has 0 aromatic carbocycles. The van der Waals surface area contributed by atoms with Crippen LogP contribution in [0.2, 0.25) is 0 Å². The Kier molecular flexibility index (Phi) is 3.93. The first-order chi connectivity index (χ1) is 6.83. The molecule has 0 saturated heterocycles. The van der Waals surface area contributed by atoms with E-state index in [0.717, 1.165) is 0 Å². The van der Waals surface area contributed by atoms with Crippen molar-refractivity contribution in [1.82, 2.24) is 0 Å². The summed E-state index contributed by atoms with van der Waals surface area (Å²) in [5, 5.41) is 7.45. The van der Waals surface area contributed by atoms with Crippen LogP contribution < -0.4 is 0 Å². The minimum Gasteiger partial charge on any atom is -0.331 e. The second-order valence-corrected chi connectivity index (χ2v) is 2.51. The van der Waals surface area contributed by atoms with Gasteiger partial charge >= 0.3 is 18.1 Å². The SMILES string of the molecule is C=C(F)C(F)OC(F)(F)C(F)(F)C(O)(F)F. The van der Waals surface area contributed by atoms with Crippen LogP contribution in [0.5, 0.6) is 0 Å².